The van der Waals surface area contributed by atoms with E-state index in [-0.39, 0.29) is 0 Å². The lowest BCUT2D eigenvalue weighted by Crippen LogP contribution is -2.36. The zero-order valence-electron chi connectivity index (χ0n) is 20.2. The van der Waals surface area contributed by atoms with Gasteiger partial charge in [-0.05, 0) is 57.4 Å². The molecule has 4 N–H and O–H groups in total. The van der Waals surface area contributed by atoms with E-state index in [1.165, 1.54) is 0 Å². The van der Waals surface area contributed by atoms with E-state index in [4.69, 9.17) is 0 Å². The lowest BCUT2D eigenvalue weighted by atomic mass is 10.2. The first kappa shape index (κ1) is 25.3. The van der Waals surface area contributed by atoms with Crippen molar-refractivity contribution < 1.29 is 14.8 Å². The number of phenols is 2. The second-order valence-electron chi connectivity index (χ2n) is 8.31. The average Bonchev–Trinajstić information content (AvgIpc) is 3.36. The van der Waals surface area contributed by atoms with Gasteiger partial charge < -0.3 is 25.7 Å². The SMILES string of the molecule is CNCCCN1/C(=C/C=C/C=C/c2sc3cc(O)ccc3[n+]2CCCNC)Sc2cc(O)ccc21. The van der Waals surface area contributed by atoms with Gasteiger partial charge in [0.25, 0.3) is 5.01 Å². The van der Waals surface area contributed by atoms with Crippen molar-refractivity contribution in [1.82, 2.24) is 10.6 Å². The first-order chi connectivity index (χ1) is 17.1. The Balaban J connectivity index is 1.51. The number of aromatic hydroxyl groups is 2. The Morgan fingerprint density at radius 1 is 0.943 bits per heavy atom. The van der Waals surface area contributed by atoms with E-state index in [1.807, 2.05) is 38.4 Å². The van der Waals surface area contributed by atoms with E-state index in [0.29, 0.717) is 11.5 Å². The second kappa shape index (κ2) is 12.3. The number of aryl methyl sites for hydroxylation is 1. The van der Waals surface area contributed by atoms with Gasteiger partial charge in [0.2, 0.25) is 5.52 Å². The number of fused-ring (bicyclic) bond motifs is 2. The molecule has 1 aromatic heterocycles. The molecule has 0 amide bonds. The van der Waals surface area contributed by atoms with Crippen molar-refractivity contribution in [3.8, 4) is 11.5 Å². The number of nitrogens with zero attached hydrogens (tertiary/aromatic N) is 2. The fourth-order valence-corrected chi connectivity index (χ4v) is 6.33. The summed E-state index contributed by atoms with van der Waals surface area (Å²) in [4.78, 5) is 3.40. The van der Waals surface area contributed by atoms with Crippen LogP contribution < -0.4 is 20.1 Å². The second-order valence-corrected chi connectivity index (χ2v) is 10.4. The van der Waals surface area contributed by atoms with E-state index in [9.17, 15) is 10.2 Å². The van der Waals surface area contributed by atoms with Gasteiger partial charge in [0.05, 0.1) is 10.7 Å². The molecule has 0 fully saturated rings. The lowest BCUT2D eigenvalue weighted by Gasteiger charge is -2.20. The molecule has 6 nitrogen and oxygen atoms in total. The summed E-state index contributed by atoms with van der Waals surface area (Å²) >= 11 is 3.38. The molecule has 0 spiro atoms. The van der Waals surface area contributed by atoms with Crippen LogP contribution in [0.1, 0.15) is 17.8 Å². The summed E-state index contributed by atoms with van der Waals surface area (Å²) in [6.07, 6.45) is 12.5. The summed E-state index contributed by atoms with van der Waals surface area (Å²) in [5.74, 6) is 0.594. The molecule has 8 heteroatoms. The monoisotopic (exact) mass is 509 g/mol. The number of phenolic OH excluding ortho intramolecular Hbond substituents is 2. The number of hydrogen-bond donors (Lipinski definition) is 4. The highest BCUT2D eigenvalue weighted by Gasteiger charge is 2.24. The summed E-state index contributed by atoms with van der Waals surface area (Å²) in [5.41, 5.74) is 2.30. The van der Waals surface area contributed by atoms with E-state index in [0.717, 1.165) is 69.9 Å². The number of rotatable bonds is 11. The van der Waals surface area contributed by atoms with Crippen molar-refractivity contribution in [3.63, 3.8) is 0 Å². The van der Waals surface area contributed by atoms with Gasteiger partial charge in [-0.3, -0.25) is 0 Å². The summed E-state index contributed by atoms with van der Waals surface area (Å²) < 4.78 is 3.40. The molecule has 1 aliphatic heterocycles. The molecule has 0 unspecified atom stereocenters. The summed E-state index contributed by atoms with van der Waals surface area (Å²) in [6.45, 7) is 3.76. The van der Waals surface area contributed by atoms with Gasteiger partial charge in [-0.1, -0.05) is 41.3 Å². The standard InChI is InChI=1S/C27H32N4O2S2/c1-28-14-6-16-30-22-12-10-20(32)18-24(22)34-26(30)8-4-3-5-9-27-31(17-7-15-29-2)23-13-11-21(33)19-25(23)35-27/h3-5,8-13,18-19,28-29H,6-7,14-17H2,1-2H3,(H-,32,33)/p+1. The topological polar surface area (TPSA) is 71.6 Å². The highest BCUT2D eigenvalue weighted by atomic mass is 32.2. The van der Waals surface area contributed by atoms with Gasteiger partial charge in [-0.15, -0.1) is 0 Å². The zero-order chi connectivity index (χ0) is 24.6. The molecular formula is C27H33N4O2S2+. The van der Waals surface area contributed by atoms with Crippen molar-refractivity contribution >= 4 is 45.1 Å². The predicted octanol–water partition coefficient (Wildman–Crippen LogP) is 4.84. The van der Waals surface area contributed by atoms with Crippen LogP contribution in [0, 0.1) is 0 Å². The molecule has 0 saturated carbocycles. The minimum Gasteiger partial charge on any atom is -0.508 e. The van der Waals surface area contributed by atoms with Crippen LogP contribution in [-0.4, -0.2) is 43.9 Å². The highest BCUT2D eigenvalue weighted by molar-refractivity contribution is 8.03. The van der Waals surface area contributed by atoms with E-state index in [1.54, 1.807) is 35.2 Å². The number of benzene rings is 2. The minimum absolute atomic E-state index is 0.297. The number of anilines is 1. The molecule has 0 aliphatic carbocycles. The Bertz CT molecular complexity index is 1250. The molecule has 2 aromatic carbocycles. The fraction of sp³-hybridized carbons (Fsp3) is 0.296. The Labute approximate surface area is 215 Å². The van der Waals surface area contributed by atoms with Crippen LogP contribution in [-0.2, 0) is 6.54 Å². The van der Waals surface area contributed by atoms with Crippen molar-refractivity contribution in [1.29, 1.82) is 0 Å². The molecule has 0 radical (unpaired) electrons. The van der Waals surface area contributed by atoms with E-state index < -0.39 is 0 Å². The maximum absolute atomic E-state index is 9.89. The van der Waals surface area contributed by atoms with Crippen LogP contribution in [0.25, 0.3) is 16.3 Å². The number of thioether (sulfide) groups is 1. The molecule has 4 rings (SSSR count). The third kappa shape index (κ3) is 6.27. The van der Waals surface area contributed by atoms with Crippen molar-refractivity contribution in [2.75, 3.05) is 38.6 Å². The summed E-state index contributed by atoms with van der Waals surface area (Å²) in [6, 6.07) is 11.2. The summed E-state index contributed by atoms with van der Waals surface area (Å²) in [7, 11) is 3.94. The van der Waals surface area contributed by atoms with Crippen molar-refractivity contribution in [3.05, 3.63) is 70.7 Å². The first-order valence-corrected chi connectivity index (χ1v) is 13.5. The fourth-order valence-electron chi connectivity index (χ4n) is 4.07. The Hall–Kier alpha value is -2.78. The van der Waals surface area contributed by atoms with Gasteiger partial charge in [-0.2, -0.15) is 4.57 Å². The Morgan fingerprint density at radius 2 is 1.71 bits per heavy atom. The van der Waals surface area contributed by atoms with Gasteiger partial charge in [-0.25, -0.2) is 0 Å². The Morgan fingerprint density at radius 3 is 2.54 bits per heavy atom. The first-order valence-electron chi connectivity index (χ1n) is 11.9. The number of aromatic nitrogens is 1. The molecule has 0 atom stereocenters. The molecule has 2 heterocycles. The summed E-state index contributed by atoms with van der Waals surface area (Å²) in [5, 5.41) is 28.5. The number of thiazole rings is 1. The molecule has 0 bridgehead atoms. The third-order valence-corrected chi connectivity index (χ3v) is 7.97. The van der Waals surface area contributed by atoms with Crippen LogP contribution in [0.15, 0.2) is 70.6 Å². The van der Waals surface area contributed by atoms with Gasteiger partial charge >= 0.3 is 0 Å². The lowest BCUT2D eigenvalue weighted by molar-refractivity contribution is -0.669. The highest BCUT2D eigenvalue weighted by Crippen LogP contribution is 2.47. The predicted molar refractivity (Wildman–Crippen MR) is 148 cm³/mol. The van der Waals surface area contributed by atoms with Gasteiger partial charge in [0, 0.05) is 42.6 Å². The number of nitrogens with one attached hydrogen (secondary N) is 2. The smallest absolute Gasteiger partial charge is 0.262 e. The van der Waals surface area contributed by atoms with Crippen LogP contribution in [0.2, 0.25) is 0 Å². The van der Waals surface area contributed by atoms with E-state index >= 15 is 0 Å². The minimum atomic E-state index is 0.297. The zero-order valence-corrected chi connectivity index (χ0v) is 21.8. The van der Waals surface area contributed by atoms with Gasteiger partial charge in [0.15, 0.2) is 6.54 Å². The number of allylic oxidation sites excluding steroid dienone is 4. The molecule has 1 aliphatic rings. The van der Waals surface area contributed by atoms with E-state index in [2.05, 4.69) is 50.5 Å². The molecule has 0 saturated heterocycles. The maximum atomic E-state index is 9.89. The van der Waals surface area contributed by atoms with Crippen molar-refractivity contribution in [2.24, 2.45) is 0 Å². The molecule has 35 heavy (non-hydrogen) atoms. The molecular weight excluding hydrogens is 476 g/mol. The van der Waals surface area contributed by atoms with Crippen LogP contribution in [0.4, 0.5) is 5.69 Å². The maximum Gasteiger partial charge on any atom is 0.262 e. The molecule has 184 valence electrons. The van der Waals surface area contributed by atoms with Gasteiger partial charge in [0.1, 0.15) is 16.2 Å². The number of hydrogen-bond acceptors (Lipinski definition) is 7. The quantitative estimate of drug-likeness (QED) is 0.168. The average molecular weight is 510 g/mol. The van der Waals surface area contributed by atoms with Crippen molar-refractivity contribution in [2.45, 2.75) is 24.3 Å². The third-order valence-electron chi connectivity index (χ3n) is 5.75. The molecule has 3 aromatic rings. The van der Waals surface area contributed by atoms with Crippen LogP contribution >= 0.6 is 23.1 Å². The largest absolute Gasteiger partial charge is 0.508 e. The van der Waals surface area contributed by atoms with Crippen LogP contribution in [0.3, 0.4) is 0 Å². The Kier molecular flexibility index (Phi) is 8.87. The van der Waals surface area contributed by atoms with Crippen LogP contribution in [0.5, 0.6) is 11.5 Å². The normalized spacial score (nSPS) is 14.8.